The van der Waals surface area contributed by atoms with Crippen molar-refractivity contribution in [2.75, 3.05) is 6.54 Å². The molecule has 1 unspecified atom stereocenters. The third kappa shape index (κ3) is 1.48. The van der Waals surface area contributed by atoms with Crippen LogP contribution in [0.25, 0.3) is 0 Å². The molecule has 1 saturated heterocycles. The van der Waals surface area contributed by atoms with Crippen LogP contribution in [0.15, 0.2) is 24.3 Å². The first-order chi connectivity index (χ1) is 8.24. The van der Waals surface area contributed by atoms with Gasteiger partial charge in [0.1, 0.15) is 5.82 Å². The van der Waals surface area contributed by atoms with Crippen molar-refractivity contribution in [2.24, 2.45) is 5.41 Å². The number of carbonyl (C=O) groups is 1. The molecule has 1 aromatic rings. The van der Waals surface area contributed by atoms with E-state index >= 15 is 0 Å². The van der Waals surface area contributed by atoms with E-state index in [0.29, 0.717) is 12.1 Å². The number of amides is 1. The van der Waals surface area contributed by atoms with E-state index in [-0.39, 0.29) is 23.1 Å². The van der Waals surface area contributed by atoms with E-state index in [1.54, 1.807) is 6.07 Å². The average Bonchev–Trinajstić information content (AvgIpc) is 2.92. The van der Waals surface area contributed by atoms with Gasteiger partial charge in [-0.2, -0.15) is 0 Å². The summed E-state index contributed by atoms with van der Waals surface area (Å²) in [7, 11) is 0. The van der Waals surface area contributed by atoms with E-state index in [1.807, 2.05) is 12.1 Å². The Kier molecular flexibility index (Phi) is 2.42. The molecule has 1 aromatic carbocycles. The fraction of sp³-hybridized carbons (Fsp3) is 0.500. The van der Waals surface area contributed by atoms with Gasteiger partial charge in [-0.3, -0.25) is 4.79 Å². The fourth-order valence-corrected chi connectivity index (χ4v) is 3.47. The number of carbonyl (C=O) groups excluding carboxylic acids is 1. The molecule has 1 aliphatic carbocycles. The predicted octanol–water partition coefficient (Wildman–Crippen LogP) is 2.60. The monoisotopic (exact) mass is 233 g/mol. The molecule has 0 bridgehead atoms. The number of rotatable bonds is 1. The second-order valence-corrected chi connectivity index (χ2v) is 5.15. The minimum Gasteiger partial charge on any atom is -0.355 e. The highest BCUT2D eigenvalue weighted by molar-refractivity contribution is 5.86. The summed E-state index contributed by atoms with van der Waals surface area (Å²) < 4.78 is 13.9. The van der Waals surface area contributed by atoms with Gasteiger partial charge in [-0.25, -0.2) is 4.39 Å². The summed E-state index contributed by atoms with van der Waals surface area (Å²) in [5, 5.41) is 2.92. The molecule has 1 atom stereocenters. The lowest BCUT2D eigenvalue weighted by atomic mass is 9.72. The molecule has 1 spiro atoms. The maximum Gasteiger partial charge on any atom is 0.226 e. The van der Waals surface area contributed by atoms with Gasteiger partial charge >= 0.3 is 0 Å². The first kappa shape index (κ1) is 10.8. The predicted molar refractivity (Wildman–Crippen MR) is 63.1 cm³/mol. The van der Waals surface area contributed by atoms with Gasteiger partial charge in [-0.15, -0.1) is 0 Å². The van der Waals surface area contributed by atoms with Crippen LogP contribution in [0.2, 0.25) is 0 Å². The normalized spacial score (nSPS) is 26.4. The van der Waals surface area contributed by atoms with Gasteiger partial charge in [-0.05, 0) is 24.5 Å². The highest BCUT2D eigenvalue weighted by Crippen LogP contribution is 2.51. The first-order valence-corrected chi connectivity index (χ1v) is 6.27. The molecule has 17 heavy (non-hydrogen) atoms. The number of benzene rings is 1. The largest absolute Gasteiger partial charge is 0.355 e. The van der Waals surface area contributed by atoms with Crippen LogP contribution in [0, 0.1) is 11.2 Å². The van der Waals surface area contributed by atoms with Crippen LogP contribution in [0.5, 0.6) is 0 Å². The Morgan fingerprint density at radius 2 is 1.94 bits per heavy atom. The van der Waals surface area contributed by atoms with Crippen molar-refractivity contribution in [1.82, 2.24) is 5.32 Å². The molecule has 3 rings (SSSR count). The maximum atomic E-state index is 13.9. The molecule has 1 aliphatic heterocycles. The van der Waals surface area contributed by atoms with Crippen molar-refractivity contribution in [2.45, 2.75) is 31.6 Å². The molecular formula is C14H16FNO. The molecule has 1 saturated carbocycles. The van der Waals surface area contributed by atoms with Crippen LogP contribution in [-0.4, -0.2) is 12.5 Å². The van der Waals surface area contributed by atoms with Crippen LogP contribution >= 0.6 is 0 Å². The van der Waals surface area contributed by atoms with E-state index in [9.17, 15) is 9.18 Å². The molecule has 2 nitrogen and oxygen atoms in total. The third-order valence-corrected chi connectivity index (χ3v) is 4.36. The Balaban J connectivity index is 2.03. The molecule has 0 radical (unpaired) electrons. The molecule has 2 aliphatic rings. The smallest absolute Gasteiger partial charge is 0.226 e. The number of nitrogens with one attached hydrogen (secondary N) is 1. The number of hydrogen-bond acceptors (Lipinski definition) is 1. The summed E-state index contributed by atoms with van der Waals surface area (Å²) in [6, 6.07) is 6.86. The molecule has 1 N–H and O–H groups in total. The lowest BCUT2D eigenvalue weighted by Crippen LogP contribution is -2.31. The van der Waals surface area contributed by atoms with Crippen molar-refractivity contribution in [3.8, 4) is 0 Å². The van der Waals surface area contributed by atoms with Crippen molar-refractivity contribution < 1.29 is 9.18 Å². The molecule has 1 amide bonds. The van der Waals surface area contributed by atoms with Crippen LogP contribution in [0.3, 0.4) is 0 Å². The highest BCUT2D eigenvalue weighted by atomic mass is 19.1. The van der Waals surface area contributed by atoms with Gasteiger partial charge in [0.25, 0.3) is 0 Å². The lowest BCUT2D eigenvalue weighted by molar-refractivity contribution is -0.127. The number of halogens is 1. The zero-order valence-corrected chi connectivity index (χ0v) is 9.71. The molecule has 2 fully saturated rings. The van der Waals surface area contributed by atoms with Crippen LogP contribution in [-0.2, 0) is 4.79 Å². The van der Waals surface area contributed by atoms with Crippen molar-refractivity contribution >= 4 is 5.91 Å². The SMILES string of the molecule is O=C1NCC(c2ccccc2F)C12CCCC2. The number of hydrogen-bond donors (Lipinski definition) is 1. The van der Waals surface area contributed by atoms with Gasteiger partial charge in [0.05, 0.1) is 5.41 Å². The summed E-state index contributed by atoms with van der Waals surface area (Å²) in [4.78, 5) is 12.1. The Hall–Kier alpha value is -1.38. The average molecular weight is 233 g/mol. The van der Waals surface area contributed by atoms with E-state index in [4.69, 9.17) is 0 Å². The van der Waals surface area contributed by atoms with Crippen molar-refractivity contribution in [1.29, 1.82) is 0 Å². The van der Waals surface area contributed by atoms with Gasteiger partial charge < -0.3 is 5.32 Å². The Morgan fingerprint density at radius 3 is 2.65 bits per heavy atom. The topological polar surface area (TPSA) is 29.1 Å². The molecule has 1 heterocycles. The van der Waals surface area contributed by atoms with Crippen LogP contribution in [0.1, 0.15) is 37.2 Å². The van der Waals surface area contributed by atoms with Gasteiger partial charge in [-0.1, -0.05) is 31.0 Å². The van der Waals surface area contributed by atoms with Gasteiger partial charge in [0.15, 0.2) is 0 Å². The standard InChI is InChI=1S/C14H16FNO/c15-12-6-2-1-5-10(12)11-9-16-13(17)14(11)7-3-4-8-14/h1-2,5-6,11H,3-4,7-9H2,(H,16,17). The van der Waals surface area contributed by atoms with Crippen LogP contribution < -0.4 is 5.32 Å². The molecule has 90 valence electrons. The second kappa shape index (κ2) is 3.83. The third-order valence-electron chi connectivity index (χ3n) is 4.36. The zero-order chi connectivity index (χ0) is 11.9. The van der Waals surface area contributed by atoms with Crippen molar-refractivity contribution in [3.63, 3.8) is 0 Å². The molecular weight excluding hydrogens is 217 g/mol. The molecule has 3 heteroatoms. The summed E-state index contributed by atoms with van der Waals surface area (Å²) in [6.45, 7) is 0.583. The summed E-state index contributed by atoms with van der Waals surface area (Å²) in [5.74, 6) is -0.0396. The van der Waals surface area contributed by atoms with Crippen LogP contribution in [0.4, 0.5) is 4.39 Å². The minimum atomic E-state index is -0.331. The van der Waals surface area contributed by atoms with Gasteiger partial charge in [0, 0.05) is 12.5 Å². The lowest BCUT2D eigenvalue weighted by Gasteiger charge is -2.28. The van der Waals surface area contributed by atoms with Crippen molar-refractivity contribution in [3.05, 3.63) is 35.6 Å². The van der Waals surface area contributed by atoms with E-state index < -0.39 is 0 Å². The van der Waals surface area contributed by atoms with E-state index in [1.165, 1.54) is 6.07 Å². The van der Waals surface area contributed by atoms with E-state index in [2.05, 4.69) is 5.32 Å². The highest BCUT2D eigenvalue weighted by Gasteiger charge is 2.52. The summed E-state index contributed by atoms with van der Waals surface area (Å²) in [5.41, 5.74) is 0.370. The Bertz CT molecular complexity index is 451. The molecule has 0 aromatic heterocycles. The Morgan fingerprint density at radius 1 is 1.24 bits per heavy atom. The quantitative estimate of drug-likeness (QED) is 0.793. The maximum absolute atomic E-state index is 13.9. The summed E-state index contributed by atoms with van der Waals surface area (Å²) in [6.07, 6.45) is 3.96. The van der Waals surface area contributed by atoms with E-state index in [0.717, 1.165) is 25.7 Å². The second-order valence-electron chi connectivity index (χ2n) is 5.15. The minimum absolute atomic E-state index is 0.0127. The summed E-state index contributed by atoms with van der Waals surface area (Å²) >= 11 is 0. The fourth-order valence-electron chi connectivity index (χ4n) is 3.47. The van der Waals surface area contributed by atoms with Gasteiger partial charge in [0.2, 0.25) is 5.91 Å². The first-order valence-electron chi connectivity index (χ1n) is 6.27. The zero-order valence-electron chi connectivity index (χ0n) is 9.71. The Labute approximate surface area is 100 Å².